The molecular weight excluding hydrogens is 303 g/mol. The van der Waals surface area contributed by atoms with Crippen LogP contribution in [0.3, 0.4) is 0 Å². The molecule has 1 saturated carbocycles. The number of nitrogens with one attached hydrogen (secondary N) is 1. The van der Waals surface area contributed by atoms with Gasteiger partial charge in [0.05, 0.1) is 0 Å². The fourth-order valence-electron chi connectivity index (χ4n) is 3.87. The number of hydrogen-bond donors (Lipinski definition) is 1. The summed E-state index contributed by atoms with van der Waals surface area (Å²) in [6.07, 6.45) is 6.66. The number of halogens is 2. The number of piperazine rings is 1. The van der Waals surface area contributed by atoms with Crippen LogP contribution in [0.5, 0.6) is 0 Å². The Hall–Kier alpha value is -0.280. The van der Waals surface area contributed by atoms with E-state index in [4.69, 9.17) is 23.2 Å². The van der Waals surface area contributed by atoms with Crippen LogP contribution in [0.15, 0.2) is 18.2 Å². The molecule has 1 aliphatic carbocycles. The highest BCUT2D eigenvalue weighted by molar-refractivity contribution is 6.33. The van der Waals surface area contributed by atoms with Crippen molar-refractivity contribution in [1.82, 2.24) is 10.2 Å². The maximum atomic E-state index is 6.38. The van der Waals surface area contributed by atoms with Crippen LogP contribution in [-0.2, 0) is 6.54 Å². The smallest absolute Gasteiger partial charge is 0.0452 e. The zero-order valence-corrected chi connectivity index (χ0v) is 14.2. The molecule has 1 saturated heterocycles. The first-order valence-corrected chi connectivity index (χ1v) is 8.77. The summed E-state index contributed by atoms with van der Waals surface area (Å²) >= 11 is 12.5. The van der Waals surface area contributed by atoms with E-state index in [1.165, 1.54) is 32.1 Å². The Morgan fingerprint density at radius 2 is 2.00 bits per heavy atom. The minimum absolute atomic E-state index is 0.316. The molecule has 2 nitrogen and oxygen atoms in total. The SMILES string of the molecule is CC1CN(Cc2cc(Cl)ccc2Cl)C2(CCCCC2)CN1. The van der Waals surface area contributed by atoms with Crippen LogP contribution in [0.25, 0.3) is 0 Å². The van der Waals surface area contributed by atoms with Gasteiger partial charge in [-0.05, 0) is 43.5 Å². The minimum Gasteiger partial charge on any atom is -0.311 e. The zero-order chi connectivity index (χ0) is 14.9. The van der Waals surface area contributed by atoms with Gasteiger partial charge in [-0.2, -0.15) is 0 Å². The molecule has 21 heavy (non-hydrogen) atoms. The van der Waals surface area contributed by atoms with Crippen molar-refractivity contribution in [3.63, 3.8) is 0 Å². The van der Waals surface area contributed by atoms with E-state index >= 15 is 0 Å². The maximum absolute atomic E-state index is 6.38. The van der Waals surface area contributed by atoms with Crippen LogP contribution in [0.1, 0.15) is 44.6 Å². The highest BCUT2D eigenvalue weighted by Crippen LogP contribution is 2.37. The van der Waals surface area contributed by atoms with E-state index in [1.54, 1.807) is 0 Å². The Labute approximate surface area is 137 Å². The summed E-state index contributed by atoms with van der Waals surface area (Å²) in [4.78, 5) is 2.66. The van der Waals surface area contributed by atoms with Gasteiger partial charge in [0.25, 0.3) is 0 Å². The molecule has 4 heteroatoms. The lowest BCUT2D eigenvalue weighted by atomic mass is 9.78. The van der Waals surface area contributed by atoms with Crippen molar-refractivity contribution in [3.8, 4) is 0 Å². The van der Waals surface area contributed by atoms with E-state index < -0.39 is 0 Å². The summed E-state index contributed by atoms with van der Waals surface area (Å²) in [6, 6.07) is 6.34. The van der Waals surface area contributed by atoms with E-state index in [2.05, 4.69) is 17.1 Å². The van der Waals surface area contributed by atoms with Gasteiger partial charge in [-0.25, -0.2) is 0 Å². The summed E-state index contributed by atoms with van der Waals surface area (Å²) in [5, 5.41) is 5.29. The molecule has 1 unspecified atom stereocenters. The molecule has 3 rings (SSSR count). The molecule has 0 aromatic heterocycles. The lowest BCUT2D eigenvalue weighted by molar-refractivity contribution is 0.00620. The van der Waals surface area contributed by atoms with Gasteiger partial charge in [0.1, 0.15) is 0 Å². The van der Waals surface area contributed by atoms with E-state index in [1.807, 2.05) is 18.2 Å². The first-order chi connectivity index (χ1) is 10.1. The average molecular weight is 327 g/mol. The van der Waals surface area contributed by atoms with Gasteiger partial charge < -0.3 is 5.32 Å². The van der Waals surface area contributed by atoms with Gasteiger partial charge in [0.15, 0.2) is 0 Å². The second-order valence-corrected chi connectivity index (χ2v) is 7.53. The topological polar surface area (TPSA) is 15.3 Å². The predicted molar refractivity (Wildman–Crippen MR) is 90.2 cm³/mol. The van der Waals surface area contributed by atoms with Gasteiger partial charge in [-0.15, -0.1) is 0 Å². The lowest BCUT2D eigenvalue weighted by Gasteiger charge is -2.51. The van der Waals surface area contributed by atoms with Crippen molar-refractivity contribution < 1.29 is 0 Å². The maximum Gasteiger partial charge on any atom is 0.0452 e. The molecule has 1 N–H and O–H groups in total. The first kappa shape index (κ1) is 15.6. The Balaban J connectivity index is 1.84. The Kier molecular flexibility index (Phi) is 4.80. The molecular formula is C17H24Cl2N2. The second-order valence-electron chi connectivity index (χ2n) is 6.68. The van der Waals surface area contributed by atoms with Crippen LogP contribution in [0, 0.1) is 0 Å². The third kappa shape index (κ3) is 3.39. The van der Waals surface area contributed by atoms with Crippen molar-refractivity contribution in [3.05, 3.63) is 33.8 Å². The fourth-order valence-corrected chi connectivity index (χ4v) is 4.24. The van der Waals surface area contributed by atoms with Crippen LogP contribution < -0.4 is 5.32 Å². The van der Waals surface area contributed by atoms with Gasteiger partial charge in [-0.1, -0.05) is 42.5 Å². The summed E-state index contributed by atoms with van der Waals surface area (Å²) in [6.45, 7) is 5.36. The third-order valence-electron chi connectivity index (χ3n) is 5.10. The summed E-state index contributed by atoms with van der Waals surface area (Å²) in [7, 11) is 0. The normalized spacial score (nSPS) is 26.1. The van der Waals surface area contributed by atoms with Crippen LogP contribution in [-0.4, -0.2) is 29.6 Å². The number of nitrogens with zero attached hydrogens (tertiary/aromatic N) is 1. The summed E-state index contributed by atoms with van der Waals surface area (Å²) in [5.74, 6) is 0. The van der Waals surface area contributed by atoms with Crippen LogP contribution in [0.2, 0.25) is 10.0 Å². The molecule has 1 atom stereocenters. The monoisotopic (exact) mass is 326 g/mol. The molecule has 0 bridgehead atoms. The number of benzene rings is 1. The molecule has 0 radical (unpaired) electrons. The molecule has 116 valence electrons. The predicted octanol–water partition coefficient (Wildman–Crippen LogP) is 4.49. The lowest BCUT2D eigenvalue weighted by Crippen LogP contribution is -2.64. The van der Waals surface area contributed by atoms with Crippen LogP contribution in [0.4, 0.5) is 0 Å². The Morgan fingerprint density at radius 1 is 1.24 bits per heavy atom. The van der Waals surface area contributed by atoms with Gasteiger partial charge >= 0.3 is 0 Å². The van der Waals surface area contributed by atoms with Crippen molar-refractivity contribution in [2.24, 2.45) is 0 Å². The zero-order valence-electron chi connectivity index (χ0n) is 12.7. The van der Waals surface area contributed by atoms with Crippen LogP contribution >= 0.6 is 23.2 Å². The molecule has 1 aromatic rings. The molecule has 1 heterocycles. The first-order valence-electron chi connectivity index (χ1n) is 8.01. The minimum atomic E-state index is 0.316. The van der Waals surface area contributed by atoms with E-state index in [0.717, 1.165) is 35.2 Å². The third-order valence-corrected chi connectivity index (χ3v) is 5.70. The highest BCUT2D eigenvalue weighted by atomic mass is 35.5. The van der Waals surface area contributed by atoms with E-state index in [9.17, 15) is 0 Å². The van der Waals surface area contributed by atoms with Crippen molar-refractivity contribution >= 4 is 23.2 Å². The number of rotatable bonds is 2. The molecule has 1 aliphatic heterocycles. The summed E-state index contributed by atoms with van der Waals surface area (Å²) in [5.41, 5.74) is 1.47. The molecule has 2 fully saturated rings. The standard InChI is InChI=1S/C17H24Cl2N2/c1-13-10-21(11-14-9-15(18)5-6-16(14)19)17(12-20-13)7-3-2-4-8-17/h5-6,9,13,20H,2-4,7-8,10-12H2,1H3. The highest BCUT2D eigenvalue weighted by Gasteiger charge is 2.41. The Morgan fingerprint density at radius 3 is 2.76 bits per heavy atom. The molecule has 0 amide bonds. The number of hydrogen-bond acceptors (Lipinski definition) is 2. The van der Waals surface area contributed by atoms with Crippen molar-refractivity contribution in [2.75, 3.05) is 13.1 Å². The fraction of sp³-hybridized carbons (Fsp3) is 0.647. The van der Waals surface area contributed by atoms with Gasteiger partial charge in [-0.3, -0.25) is 4.90 Å². The quantitative estimate of drug-likeness (QED) is 0.861. The molecule has 1 aromatic carbocycles. The van der Waals surface area contributed by atoms with E-state index in [0.29, 0.717) is 11.6 Å². The second kappa shape index (κ2) is 6.45. The van der Waals surface area contributed by atoms with Gasteiger partial charge in [0.2, 0.25) is 0 Å². The van der Waals surface area contributed by atoms with Gasteiger partial charge in [0, 0.05) is 41.3 Å². The van der Waals surface area contributed by atoms with E-state index in [-0.39, 0.29) is 0 Å². The van der Waals surface area contributed by atoms with Crippen molar-refractivity contribution in [1.29, 1.82) is 0 Å². The molecule has 2 aliphatic rings. The summed E-state index contributed by atoms with van der Waals surface area (Å²) < 4.78 is 0. The average Bonchev–Trinajstić information content (AvgIpc) is 2.48. The van der Waals surface area contributed by atoms with Crippen molar-refractivity contribution in [2.45, 2.75) is 57.2 Å². The molecule has 1 spiro atoms. The Bertz CT molecular complexity index is 498. The largest absolute Gasteiger partial charge is 0.311 e.